The molecule has 0 unspecified atom stereocenters. The number of piperazine rings is 1. The van der Waals surface area contributed by atoms with E-state index in [1.807, 2.05) is 25.1 Å². The van der Waals surface area contributed by atoms with Crippen LogP contribution in [-0.2, 0) is 4.79 Å². The average Bonchev–Trinajstić information content (AvgIpc) is 3.41. The van der Waals surface area contributed by atoms with Gasteiger partial charge in [0.1, 0.15) is 11.4 Å². The predicted molar refractivity (Wildman–Crippen MR) is 87.8 cm³/mol. The highest BCUT2D eigenvalue weighted by molar-refractivity contribution is 5.79. The molecule has 1 atom stereocenters. The van der Waals surface area contributed by atoms with E-state index in [4.69, 9.17) is 0 Å². The molecule has 1 aliphatic carbocycles. The van der Waals surface area contributed by atoms with E-state index >= 15 is 0 Å². The number of nitrogens with zero attached hydrogens (tertiary/aromatic N) is 4. The number of rotatable bonds is 5. The minimum Gasteiger partial charge on any atom is -0.354 e. The van der Waals surface area contributed by atoms with Crippen LogP contribution in [0.25, 0.3) is 0 Å². The Morgan fingerprint density at radius 2 is 2.13 bits per heavy atom. The van der Waals surface area contributed by atoms with Crippen molar-refractivity contribution in [3.8, 4) is 6.07 Å². The number of anilines is 1. The normalized spacial score (nSPS) is 21.3. The Morgan fingerprint density at radius 1 is 1.39 bits per heavy atom. The number of carbonyl (C=O) groups excluding carboxylic acids is 1. The van der Waals surface area contributed by atoms with Gasteiger partial charge in [-0.1, -0.05) is 6.07 Å². The van der Waals surface area contributed by atoms with Gasteiger partial charge in [-0.05, 0) is 37.8 Å². The van der Waals surface area contributed by atoms with Crippen LogP contribution in [0.4, 0.5) is 5.82 Å². The van der Waals surface area contributed by atoms with E-state index in [0.29, 0.717) is 12.5 Å². The fraction of sp³-hybridized carbons (Fsp3) is 0.588. The summed E-state index contributed by atoms with van der Waals surface area (Å²) in [4.78, 5) is 21.0. The number of hydrogen-bond donors (Lipinski definition) is 1. The zero-order valence-electron chi connectivity index (χ0n) is 13.5. The van der Waals surface area contributed by atoms with Crippen LogP contribution in [0.5, 0.6) is 0 Å². The maximum atomic E-state index is 12.2. The van der Waals surface area contributed by atoms with Crippen LogP contribution >= 0.6 is 0 Å². The number of nitriles is 1. The first-order valence-corrected chi connectivity index (χ1v) is 8.21. The zero-order valence-corrected chi connectivity index (χ0v) is 13.5. The van der Waals surface area contributed by atoms with Crippen LogP contribution in [0.2, 0.25) is 0 Å². The lowest BCUT2D eigenvalue weighted by molar-refractivity contribution is -0.123. The largest absolute Gasteiger partial charge is 0.354 e. The second kappa shape index (κ2) is 6.55. The summed E-state index contributed by atoms with van der Waals surface area (Å²) < 4.78 is 0. The number of carbonyl (C=O) groups is 1. The lowest BCUT2D eigenvalue weighted by atomic mass is 9.98. The van der Waals surface area contributed by atoms with Crippen LogP contribution < -0.4 is 10.2 Å². The smallest absolute Gasteiger partial charge is 0.235 e. The van der Waals surface area contributed by atoms with Crippen molar-refractivity contribution >= 4 is 11.7 Å². The molecular weight excluding hydrogens is 290 g/mol. The van der Waals surface area contributed by atoms with Gasteiger partial charge < -0.3 is 10.2 Å². The third-order valence-electron chi connectivity index (χ3n) is 4.74. The Bertz CT molecular complexity index is 587. The Hall–Kier alpha value is -2.13. The SMILES string of the molecule is C[C@](C#N)(NC(=O)CN1CCN(c2ccccn2)CC1)C1CC1. The Kier molecular flexibility index (Phi) is 4.49. The molecule has 1 saturated heterocycles. The van der Waals surface area contributed by atoms with Crippen molar-refractivity contribution in [3.63, 3.8) is 0 Å². The lowest BCUT2D eigenvalue weighted by Gasteiger charge is -2.35. The first-order valence-electron chi connectivity index (χ1n) is 8.21. The van der Waals surface area contributed by atoms with Crippen molar-refractivity contribution < 1.29 is 4.79 Å². The number of pyridine rings is 1. The summed E-state index contributed by atoms with van der Waals surface area (Å²) in [5.74, 6) is 1.26. The van der Waals surface area contributed by atoms with E-state index in [1.165, 1.54) is 0 Å². The summed E-state index contributed by atoms with van der Waals surface area (Å²) in [7, 11) is 0. The van der Waals surface area contributed by atoms with Gasteiger partial charge in [0.15, 0.2) is 0 Å². The Labute approximate surface area is 137 Å². The van der Waals surface area contributed by atoms with E-state index in [0.717, 1.165) is 44.8 Å². The molecule has 1 N–H and O–H groups in total. The van der Waals surface area contributed by atoms with Gasteiger partial charge in [0.05, 0.1) is 12.6 Å². The van der Waals surface area contributed by atoms with Gasteiger partial charge in [0.25, 0.3) is 0 Å². The van der Waals surface area contributed by atoms with Gasteiger partial charge in [-0.15, -0.1) is 0 Å². The standard InChI is InChI=1S/C17H23N5O/c1-17(13-18,14-5-6-14)20-16(23)12-21-8-10-22(11-9-21)15-4-2-3-7-19-15/h2-4,7,14H,5-6,8-12H2,1H3,(H,20,23)/t17-/m1/s1. The van der Waals surface area contributed by atoms with E-state index in [-0.39, 0.29) is 5.91 Å². The summed E-state index contributed by atoms with van der Waals surface area (Å²) in [6.07, 6.45) is 3.87. The predicted octanol–water partition coefficient (Wildman–Crippen LogP) is 1.01. The van der Waals surface area contributed by atoms with Crippen molar-refractivity contribution in [1.82, 2.24) is 15.2 Å². The molecule has 1 aliphatic heterocycles. The molecular formula is C17H23N5O. The van der Waals surface area contributed by atoms with Gasteiger partial charge in [0.2, 0.25) is 5.91 Å². The number of aromatic nitrogens is 1. The molecule has 0 bridgehead atoms. The molecule has 2 aliphatic rings. The molecule has 0 aromatic carbocycles. The highest BCUT2D eigenvalue weighted by Gasteiger charge is 2.43. The van der Waals surface area contributed by atoms with Crippen LogP contribution in [0, 0.1) is 17.2 Å². The third-order valence-corrected chi connectivity index (χ3v) is 4.74. The minimum absolute atomic E-state index is 0.0489. The second-order valence-corrected chi connectivity index (χ2v) is 6.59. The molecule has 2 heterocycles. The van der Waals surface area contributed by atoms with Crippen LogP contribution in [0.3, 0.4) is 0 Å². The van der Waals surface area contributed by atoms with Gasteiger partial charge in [-0.25, -0.2) is 4.98 Å². The Balaban J connectivity index is 1.47. The topological polar surface area (TPSA) is 72.3 Å². The van der Waals surface area contributed by atoms with Gasteiger partial charge in [-0.2, -0.15) is 5.26 Å². The molecule has 1 saturated carbocycles. The van der Waals surface area contributed by atoms with E-state index in [1.54, 1.807) is 6.20 Å². The highest BCUT2D eigenvalue weighted by Crippen LogP contribution is 2.39. The summed E-state index contributed by atoms with van der Waals surface area (Å²) in [6.45, 7) is 5.58. The molecule has 0 radical (unpaired) electrons. The third kappa shape index (κ3) is 3.80. The average molecular weight is 313 g/mol. The quantitative estimate of drug-likeness (QED) is 0.878. The van der Waals surface area contributed by atoms with E-state index in [9.17, 15) is 10.1 Å². The maximum Gasteiger partial charge on any atom is 0.235 e. The van der Waals surface area contributed by atoms with Crippen molar-refractivity contribution in [1.29, 1.82) is 5.26 Å². The highest BCUT2D eigenvalue weighted by atomic mass is 16.2. The van der Waals surface area contributed by atoms with Crippen molar-refractivity contribution in [3.05, 3.63) is 24.4 Å². The van der Waals surface area contributed by atoms with Crippen molar-refractivity contribution in [2.24, 2.45) is 5.92 Å². The molecule has 1 aromatic heterocycles. The van der Waals surface area contributed by atoms with Gasteiger partial charge >= 0.3 is 0 Å². The monoisotopic (exact) mass is 313 g/mol. The summed E-state index contributed by atoms with van der Waals surface area (Å²) in [5, 5.41) is 12.2. The number of nitrogens with one attached hydrogen (secondary N) is 1. The number of hydrogen-bond acceptors (Lipinski definition) is 5. The first-order chi connectivity index (χ1) is 11.1. The van der Waals surface area contributed by atoms with Crippen molar-refractivity contribution in [2.45, 2.75) is 25.3 Å². The first kappa shape index (κ1) is 15.8. The molecule has 6 nitrogen and oxygen atoms in total. The van der Waals surface area contributed by atoms with Crippen molar-refractivity contribution in [2.75, 3.05) is 37.6 Å². The zero-order chi connectivity index (χ0) is 16.3. The van der Waals surface area contributed by atoms with E-state index < -0.39 is 5.54 Å². The fourth-order valence-electron chi connectivity index (χ4n) is 3.09. The number of amides is 1. The molecule has 1 amide bonds. The van der Waals surface area contributed by atoms with Gasteiger partial charge in [-0.3, -0.25) is 9.69 Å². The fourth-order valence-corrected chi connectivity index (χ4v) is 3.09. The molecule has 122 valence electrons. The van der Waals surface area contributed by atoms with Gasteiger partial charge in [0, 0.05) is 32.4 Å². The molecule has 0 spiro atoms. The molecule has 6 heteroatoms. The summed E-state index contributed by atoms with van der Waals surface area (Å²) in [5.41, 5.74) is -0.702. The molecule has 2 fully saturated rings. The molecule has 3 rings (SSSR count). The maximum absolute atomic E-state index is 12.2. The van der Waals surface area contributed by atoms with E-state index in [2.05, 4.69) is 26.2 Å². The van der Waals surface area contributed by atoms with Crippen LogP contribution in [0.15, 0.2) is 24.4 Å². The lowest BCUT2D eigenvalue weighted by Crippen LogP contribution is -2.53. The summed E-state index contributed by atoms with van der Waals surface area (Å²) in [6, 6.07) is 8.18. The van der Waals surface area contributed by atoms with Crippen LogP contribution in [0.1, 0.15) is 19.8 Å². The Morgan fingerprint density at radius 3 is 2.70 bits per heavy atom. The summed E-state index contributed by atoms with van der Waals surface area (Å²) >= 11 is 0. The minimum atomic E-state index is -0.702. The molecule has 23 heavy (non-hydrogen) atoms. The van der Waals surface area contributed by atoms with Crippen LogP contribution in [-0.4, -0.2) is 54.1 Å². The second-order valence-electron chi connectivity index (χ2n) is 6.59. The molecule has 1 aromatic rings.